The van der Waals surface area contributed by atoms with Gasteiger partial charge in [-0.15, -0.1) is 0 Å². The number of carboxylic acid groups (broad SMARTS) is 1. The van der Waals surface area contributed by atoms with Crippen molar-refractivity contribution in [2.75, 3.05) is 12.0 Å². The van der Waals surface area contributed by atoms with E-state index in [0.717, 1.165) is 53.4 Å². The molecule has 0 aliphatic heterocycles. The molecule has 1 atom stereocenters. The van der Waals surface area contributed by atoms with E-state index in [2.05, 4.69) is 5.32 Å². The highest BCUT2D eigenvalue weighted by Crippen LogP contribution is 2.37. The van der Waals surface area contributed by atoms with E-state index in [1.54, 1.807) is 13.2 Å². The molecule has 0 saturated heterocycles. The van der Waals surface area contributed by atoms with Crippen LogP contribution in [0, 0.1) is 13.8 Å². The maximum atomic E-state index is 12.7. The monoisotopic (exact) mass is 443 g/mol. The van der Waals surface area contributed by atoms with Crippen molar-refractivity contribution in [3.63, 3.8) is 0 Å². The maximum absolute atomic E-state index is 12.7. The Labute approximate surface area is 183 Å². The van der Waals surface area contributed by atoms with Crippen molar-refractivity contribution in [2.24, 2.45) is 0 Å². The van der Waals surface area contributed by atoms with Gasteiger partial charge in [0.1, 0.15) is 23.0 Å². The van der Waals surface area contributed by atoms with Gasteiger partial charge in [-0.3, -0.25) is 4.79 Å². The molecule has 7 nitrogen and oxygen atoms in total. The Balaban J connectivity index is 1.77. The zero-order valence-corrected chi connectivity index (χ0v) is 18.6. The Kier molecular flexibility index (Phi) is 5.83. The summed E-state index contributed by atoms with van der Waals surface area (Å²) in [5.41, 5.74) is 3.56. The molecule has 3 aromatic rings. The molecular formula is C23H25NO6S. The highest BCUT2D eigenvalue weighted by Gasteiger charge is 2.24. The fraction of sp³-hybridized carbons (Fsp3) is 0.435. The average molecular weight is 444 g/mol. The molecule has 0 bridgehead atoms. The van der Waals surface area contributed by atoms with Crippen LogP contribution in [0.2, 0.25) is 0 Å². The number of hydrogen-bond acceptors (Lipinski definition) is 6. The van der Waals surface area contributed by atoms with E-state index in [9.17, 15) is 19.5 Å². The summed E-state index contributed by atoms with van der Waals surface area (Å²) >= 11 is 1.32. The van der Waals surface area contributed by atoms with Gasteiger partial charge in [0.25, 0.3) is 0 Å². The second-order valence-electron chi connectivity index (χ2n) is 8.05. The molecule has 0 radical (unpaired) electrons. The summed E-state index contributed by atoms with van der Waals surface area (Å²) < 4.78 is 11.7. The summed E-state index contributed by atoms with van der Waals surface area (Å²) in [6, 6.07) is 0.994. The molecule has 31 heavy (non-hydrogen) atoms. The minimum absolute atomic E-state index is 0.233. The quantitative estimate of drug-likeness (QED) is 0.561. The zero-order valence-electron chi connectivity index (χ0n) is 17.8. The van der Waals surface area contributed by atoms with Gasteiger partial charge < -0.3 is 19.3 Å². The van der Waals surface area contributed by atoms with Crippen molar-refractivity contribution in [3.8, 4) is 0 Å². The van der Waals surface area contributed by atoms with E-state index in [1.165, 1.54) is 17.3 Å². The van der Waals surface area contributed by atoms with Crippen LogP contribution in [-0.4, -0.2) is 35.0 Å². The van der Waals surface area contributed by atoms with Gasteiger partial charge in [0.15, 0.2) is 0 Å². The number of nitrogens with one attached hydrogen (secondary N) is 1. The van der Waals surface area contributed by atoms with Gasteiger partial charge in [-0.2, -0.15) is 11.8 Å². The Morgan fingerprint density at radius 1 is 1.13 bits per heavy atom. The lowest BCUT2D eigenvalue weighted by atomic mass is 9.93. The standard InChI is InChI=1S/C23H25NO6S/c1-11-14-8-16-13-6-4-5-7-18(13)29-21(16)12(2)20(14)30-23(28)15(11)9-19(25)24-17(10-31-3)22(26)27/h8,17H,4-7,9-10H2,1-3H3,(H,24,25)(H,26,27). The first kappa shape index (κ1) is 21.5. The van der Waals surface area contributed by atoms with Gasteiger partial charge >= 0.3 is 11.6 Å². The molecule has 1 amide bonds. The second kappa shape index (κ2) is 8.42. The SMILES string of the molecule is CSCC(NC(=O)Cc1c(C)c2cc3c4c(oc3c(C)c2oc1=O)CCCC4)C(=O)O. The van der Waals surface area contributed by atoms with Crippen LogP contribution in [0.4, 0.5) is 0 Å². The summed E-state index contributed by atoms with van der Waals surface area (Å²) in [5.74, 6) is -0.370. The highest BCUT2D eigenvalue weighted by atomic mass is 32.2. The number of rotatable bonds is 6. The molecule has 0 saturated carbocycles. The topological polar surface area (TPSA) is 110 Å². The number of fused-ring (bicyclic) bond motifs is 4. The first-order valence-electron chi connectivity index (χ1n) is 10.3. The molecule has 2 heterocycles. The van der Waals surface area contributed by atoms with Gasteiger partial charge in [0, 0.05) is 34.1 Å². The molecule has 2 aromatic heterocycles. The normalized spacial score (nSPS) is 14.5. The van der Waals surface area contributed by atoms with Crippen molar-refractivity contribution < 1.29 is 23.5 Å². The molecule has 4 rings (SSSR count). The minimum atomic E-state index is -1.10. The number of aryl methyl sites for hydroxylation is 4. The third-order valence-electron chi connectivity index (χ3n) is 6.03. The number of hydrogen-bond donors (Lipinski definition) is 2. The van der Waals surface area contributed by atoms with Crippen molar-refractivity contribution in [1.82, 2.24) is 5.32 Å². The number of carbonyl (C=O) groups excluding carboxylic acids is 1. The molecule has 1 aliphatic rings. The Bertz CT molecular complexity index is 1250. The number of benzene rings is 1. The second-order valence-corrected chi connectivity index (χ2v) is 8.96. The summed E-state index contributed by atoms with van der Waals surface area (Å²) in [6.45, 7) is 3.69. The lowest BCUT2D eigenvalue weighted by Gasteiger charge is -2.14. The van der Waals surface area contributed by atoms with Crippen LogP contribution in [0.5, 0.6) is 0 Å². The molecule has 0 spiro atoms. The molecule has 2 N–H and O–H groups in total. The third-order valence-corrected chi connectivity index (χ3v) is 6.70. The van der Waals surface area contributed by atoms with Gasteiger partial charge in [0.2, 0.25) is 5.91 Å². The van der Waals surface area contributed by atoms with Crippen LogP contribution in [0.1, 0.15) is 40.9 Å². The van der Waals surface area contributed by atoms with Gasteiger partial charge in [-0.25, -0.2) is 9.59 Å². The van der Waals surface area contributed by atoms with Crippen LogP contribution < -0.4 is 10.9 Å². The number of carbonyl (C=O) groups is 2. The van der Waals surface area contributed by atoms with Gasteiger partial charge in [-0.1, -0.05) is 0 Å². The molecule has 0 fully saturated rings. The maximum Gasteiger partial charge on any atom is 0.340 e. The van der Waals surface area contributed by atoms with Crippen LogP contribution in [0.3, 0.4) is 0 Å². The van der Waals surface area contributed by atoms with Gasteiger partial charge in [-0.05, 0) is 51.0 Å². The fourth-order valence-corrected chi connectivity index (χ4v) is 4.93. The fourth-order valence-electron chi connectivity index (χ4n) is 4.37. The summed E-state index contributed by atoms with van der Waals surface area (Å²) in [5, 5.41) is 13.6. The lowest BCUT2D eigenvalue weighted by Crippen LogP contribution is -2.43. The summed E-state index contributed by atoms with van der Waals surface area (Å²) in [4.78, 5) is 36.5. The van der Waals surface area contributed by atoms with Crippen molar-refractivity contribution >= 4 is 45.6 Å². The number of aliphatic carboxylic acids is 1. The predicted molar refractivity (Wildman–Crippen MR) is 120 cm³/mol. The Hall–Kier alpha value is -2.74. The average Bonchev–Trinajstić information content (AvgIpc) is 3.11. The van der Waals surface area contributed by atoms with E-state index >= 15 is 0 Å². The van der Waals surface area contributed by atoms with E-state index in [1.807, 2.05) is 13.0 Å². The number of furan rings is 1. The number of carboxylic acids is 1. The number of thioether (sulfide) groups is 1. The van der Waals surface area contributed by atoms with Gasteiger partial charge in [0.05, 0.1) is 12.0 Å². The first-order valence-corrected chi connectivity index (χ1v) is 11.7. The molecule has 1 aromatic carbocycles. The molecular weight excluding hydrogens is 418 g/mol. The molecule has 1 unspecified atom stereocenters. The smallest absolute Gasteiger partial charge is 0.340 e. The predicted octanol–water partition coefficient (Wildman–Crippen LogP) is 3.51. The van der Waals surface area contributed by atoms with E-state index in [4.69, 9.17) is 8.83 Å². The summed E-state index contributed by atoms with van der Waals surface area (Å²) in [6.07, 6.45) is 5.63. The van der Waals surface area contributed by atoms with E-state index < -0.39 is 23.5 Å². The highest BCUT2D eigenvalue weighted by molar-refractivity contribution is 7.98. The lowest BCUT2D eigenvalue weighted by molar-refractivity contribution is -0.141. The van der Waals surface area contributed by atoms with Crippen molar-refractivity contribution in [2.45, 2.75) is 52.0 Å². The van der Waals surface area contributed by atoms with Crippen molar-refractivity contribution in [3.05, 3.63) is 44.5 Å². The van der Waals surface area contributed by atoms with E-state index in [0.29, 0.717) is 11.1 Å². The van der Waals surface area contributed by atoms with Crippen LogP contribution >= 0.6 is 11.8 Å². The Morgan fingerprint density at radius 3 is 2.55 bits per heavy atom. The number of amides is 1. The van der Waals surface area contributed by atoms with E-state index in [-0.39, 0.29) is 17.7 Å². The van der Waals surface area contributed by atoms with Crippen LogP contribution in [0.25, 0.3) is 21.9 Å². The third kappa shape index (κ3) is 3.84. The zero-order chi connectivity index (χ0) is 22.3. The van der Waals surface area contributed by atoms with Crippen molar-refractivity contribution in [1.29, 1.82) is 0 Å². The molecule has 8 heteroatoms. The Morgan fingerprint density at radius 2 is 1.84 bits per heavy atom. The molecule has 164 valence electrons. The minimum Gasteiger partial charge on any atom is -0.480 e. The molecule has 1 aliphatic carbocycles. The summed E-state index contributed by atoms with van der Waals surface area (Å²) in [7, 11) is 0. The van der Waals surface area contributed by atoms with Crippen LogP contribution in [-0.2, 0) is 28.9 Å². The first-order chi connectivity index (χ1) is 14.8. The largest absolute Gasteiger partial charge is 0.480 e. The van der Waals surface area contributed by atoms with Crippen LogP contribution in [0.15, 0.2) is 19.7 Å².